The average molecular weight is 415 g/mol. The van der Waals surface area contributed by atoms with Crippen LogP contribution in [0.5, 0.6) is 0 Å². The van der Waals surface area contributed by atoms with Crippen LogP contribution in [0, 0.1) is 17.6 Å². The monoisotopic (exact) mass is 415 g/mol. The topological polar surface area (TPSA) is 64.0 Å². The number of rotatable bonds is 6. The van der Waals surface area contributed by atoms with Gasteiger partial charge in [0.05, 0.1) is 22.3 Å². The SMILES string of the molecule is O=C(CSc1nc2ccccc2c(=O)n1-c1ccc(F)cc1F)NCC1CCC1. The summed E-state index contributed by atoms with van der Waals surface area (Å²) in [5, 5.41) is 3.38. The summed E-state index contributed by atoms with van der Waals surface area (Å²) >= 11 is 1.05. The molecule has 1 N–H and O–H groups in total. The van der Waals surface area contributed by atoms with E-state index in [2.05, 4.69) is 10.3 Å². The number of para-hydroxylation sites is 1. The van der Waals surface area contributed by atoms with Crippen LogP contribution >= 0.6 is 11.8 Å². The van der Waals surface area contributed by atoms with E-state index in [0.29, 0.717) is 23.4 Å². The first-order valence-corrected chi connectivity index (χ1v) is 10.4. The van der Waals surface area contributed by atoms with E-state index in [9.17, 15) is 18.4 Å². The summed E-state index contributed by atoms with van der Waals surface area (Å²) < 4.78 is 28.9. The Morgan fingerprint density at radius 3 is 2.72 bits per heavy atom. The Bertz CT molecular complexity index is 1130. The molecule has 1 amide bonds. The van der Waals surface area contributed by atoms with Crippen LogP contribution < -0.4 is 10.9 Å². The molecule has 3 aromatic rings. The van der Waals surface area contributed by atoms with E-state index in [0.717, 1.165) is 41.3 Å². The van der Waals surface area contributed by atoms with E-state index in [4.69, 9.17) is 0 Å². The molecule has 4 rings (SSSR count). The molecule has 5 nitrogen and oxygen atoms in total. The number of carbonyl (C=O) groups excluding carboxylic acids is 1. The Labute approximate surface area is 170 Å². The first kappa shape index (κ1) is 19.6. The number of thioether (sulfide) groups is 1. The highest BCUT2D eigenvalue weighted by Gasteiger charge is 2.20. The Kier molecular flexibility index (Phi) is 5.62. The van der Waals surface area contributed by atoms with Crippen molar-refractivity contribution >= 4 is 28.6 Å². The maximum absolute atomic E-state index is 14.4. The van der Waals surface area contributed by atoms with Crippen LogP contribution in [-0.4, -0.2) is 27.8 Å². The van der Waals surface area contributed by atoms with Crippen molar-refractivity contribution in [3.8, 4) is 5.69 Å². The first-order valence-electron chi connectivity index (χ1n) is 9.39. The number of amides is 1. The summed E-state index contributed by atoms with van der Waals surface area (Å²) in [6.07, 6.45) is 3.46. The molecule has 1 saturated carbocycles. The molecule has 1 heterocycles. The first-order chi connectivity index (χ1) is 14.0. The van der Waals surface area contributed by atoms with Crippen LogP contribution in [0.2, 0.25) is 0 Å². The van der Waals surface area contributed by atoms with Gasteiger partial charge in [-0.15, -0.1) is 0 Å². The largest absolute Gasteiger partial charge is 0.355 e. The van der Waals surface area contributed by atoms with Crippen molar-refractivity contribution in [3.05, 3.63) is 64.5 Å². The highest BCUT2D eigenvalue weighted by Crippen LogP contribution is 2.26. The molecule has 0 atom stereocenters. The minimum absolute atomic E-state index is 0.0420. The Balaban J connectivity index is 1.67. The van der Waals surface area contributed by atoms with Crippen molar-refractivity contribution in [2.75, 3.05) is 12.3 Å². The molecular weight excluding hydrogens is 396 g/mol. The number of benzene rings is 2. The number of nitrogens with zero attached hydrogens (tertiary/aromatic N) is 2. The molecule has 1 fully saturated rings. The predicted molar refractivity (Wildman–Crippen MR) is 108 cm³/mol. The van der Waals surface area contributed by atoms with Crippen molar-refractivity contribution in [1.82, 2.24) is 14.9 Å². The van der Waals surface area contributed by atoms with Gasteiger partial charge in [-0.05, 0) is 43.0 Å². The lowest BCUT2D eigenvalue weighted by Crippen LogP contribution is -2.33. The Morgan fingerprint density at radius 1 is 1.21 bits per heavy atom. The molecule has 1 aliphatic carbocycles. The normalized spacial score (nSPS) is 14.0. The van der Waals surface area contributed by atoms with Crippen molar-refractivity contribution < 1.29 is 13.6 Å². The fourth-order valence-corrected chi connectivity index (χ4v) is 4.06. The second kappa shape index (κ2) is 8.32. The minimum atomic E-state index is -0.875. The predicted octanol–water partition coefficient (Wildman–Crippen LogP) is 3.67. The number of hydrogen-bond donors (Lipinski definition) is 1. The van der Waals surface area contributed by atoms with Gasteiger partial charge in [-0.1, -0.05) is 30.3 Å². The maximum atomic E-state index is 14.4. The molecule has 0 spiro atoms. The molecular formula is C21H19F2N3O2S. The van der Waals surface area contributed by atoms with Gasteiger partial charge in [0.2, 0.25) is 5.91 Å². The molecule has 1 aromatic heterocycles. The lowest BCUT2D eigenvalue weighted by molar-refractivity contribution is -0.118. The van der Waals surface area contributed by atoms with Crippen LogP contribution in [0.25, 0.3) is 16.6 Å². The van der Waals surface area contributed by atoms with Crippen molar-refractivity contribution in [2.45, 2.75) is 24.4 Å². The van der Waals surface area contributed by atoms with E-state index in [-0.39, 0.29) is 22.5 Å². The van der Waals surface area contributed by atoms with Crippen LogP contribution in [-0.2, 0) is 4.79 Å². The third-order valence-corrected chi connectivity index (χ3v) is 5.98. The van der Waals surface area contributed by atoms with Gasteiger partial charge in [-0.3, -0.25) is 14.2 Å². The van der Waals surface area contributed by atoms with E-state index in [1.54, 1.807) is 24.3 Å². The second-order valence-electron chi connectivity index (χ2n) is 7.04. The zero-order chi connectivity index (χ0) is 20.4. The van der Waals surface area contributed by atoms with Gasteiger partial charge in [0, 0.05) is 12.6 Å². The molecule has 29 heavy (non-hydrogen) atoms. The lowest BCUT2D eigenvalue weighted by Gasteiger charge is -2.25. The average Bonchev–Trinajstić information content (AvgIpc) is 2.66. The number of fused-ring (bicyclic) bond motifs is 1. The summed E-state index contributed by atoms with van der Waals surface area (Å²) in [6.45, 7) is 0.643. The van der Waals surface area contributed by atoms with Crippen LogP contribution in [0.1, 0.15) is 19.3 Å². The number of halogens is 2. The fraction of sp³-hybridized carbons (Fsp3) is 0.286. The summed E-state index contributed by atoms with van der Waals surface area (Å²) in [6, 6.07) is 9.72. The molecule has 0 radical (unpaired) electrons. The van der Waals surface area contributed by atoms with Gasteiger partial charge in [0.15, 0.2) is 5.16 Å². The third kappa shape index (κ3) is 4.17. The van der Waals surface area contributed by atoms with Crippen LogP contribution in [0.3, 0.4) is 0 Å². The molecule has 0 saturated heterocycles. The maximum Gasteiger partial charge on any atom is 0.266 e. The van der Waals surface area contributed by atoms with Gasteiger partial charge < -0.3 is 5.32 Å². The highest BCUT2D eigenvalue weighted by atomic mass is 32.2. The molecule has 8 heteroatoms. The lowest BCUT2D eigenvalue weighted by atomic mass is 9.85. The van der Waals surface area contributed by atoms with E-state index in [1.165, 1.54) is 12.5 Å². The zero-order valence-corrected chi connectivity index (χ0v) is 16.3. The second-order valence-corrected chi connectivity index (χ2v) is 7.98. The smallest absolute Gasteiger partial charge is 0.266 e. The standard InChI is InChI=1S/C21H19F2N3O2S/c22-14-8-9-18(16(23)10-14)26-20(28)15-6-1-2-7-17(15)25-21(26)29-12-19(27)24-11-13-4-3-5-13/h1-2,6-10,13H,3-5,11-12H2,(H,24,27). The molecule has 150 valence electrons. The molecule has 2 aromatic carbocycles. The van der Waals surface area contributed by atoms with Gasteiger partial charge in [0.1, 0.15) is 11.6 Å². The summed E-state index contributed by atoms with van der Waals surface area (Å²) in [7, 11) is 0. The van der Waals surface area contributed by atoms with Gasteiger partial charge in [-0.2, -0.15) is 0 Å². The van der Waals surface area contributed by atoms with Gasteiger partial charge in [0.25, 0.3) is 5.56 Å². The van der Waals surface area contributed by atoms with Crippen LogP contribution in [0.15, 0.2) is 52.4 Å². The molecule has 0 unspecified atom stereocenters. The summed E-state index contributed by atoms with van der Waals surface area (Å²) in [4.78, 5) is 29.7. The van der Waals surface area contributed by atoms with E-state index in [1.807, 2.05) is 0 Å². The summed E-state index contributed by atoms with van der Waals surface area (Å²) in [5.74, 6) is -1.21. The fourth-order valence-electron chi connectivity index (χ4n) is 3.22. The van der Waals surface area contributed by atoms with Gasteiger partial charge in [-0.25, -0.2) is 13.8 Å². The zero-order valence-electron chi connectivity index (χ0n) is 15.5. The number of carbonyl (C=O) groups is 1. The van der Waals surface area contributed by atoms with Crippen molar-refractivity contribution in [2.24, 2.45) is 5.92 Å². The molecule has 0 aliphatic heterocycles. The third-order valence-electron chi connectivity index (χ3n) is 5.04. The Morgan fingerprint density at radius 2 is 2.00 bits per heavy atom. The number of nitrogens with one attached hydrogen (secondary N) is 1. The molecule has 0 bridgehead atoms. The number of aromatic nitrogens is 2. The minimum Gasteiger partial charge on any atom is -0.355 e. The quantitative estimate of drug-likeness (QED) is 0.493. The van der Waals surface area contributed by atoms with E-state index >= 15 is 0 Å². The highest BCUT2D eigenvalue weighted by molar-refractivity contribution is 7.99. The van der Waals surface area contributed by atoms with Crippen molar-refractivity contribution in [3.63, 3.8) is 0 Å². The van der Waals surface area contributed by atoms with Crippen molar-refractivity contribution in [1.29, 1.82) is 0 Å². The number of hydrogen-bond acceptors (Lipinski definition) is 4. The van der Waals surface area contributed by atoms with Gasteiger partial charge >= 0.3 is 0 Å². The Hall–Kier alpha value is -2.74. The van der Waals surface area contributed by atoms with E-state index < -0.39 is 17.2 Å². The summed E-state index contributed by atoms with van der Waals surface area (Å²) in [5.41, 5.74) is -0.126. The molecule has 1 aliphatic rings. The van der Waals surface area contributed by atoms with Crippen LogP contribution in [0.4, 0.5) is 8.78 Å².